The van der Waals surface area contributed by atoms with E-state index in [1.54, 1.807) is 5.30 Å². The zero-order chi connectivity index (χ0) is 19.7. The Hall–Kier alpha value is -0.390. The largest absolute Gasteiger partial charge is 0.372 e. The molecule has 5 aliphatic rings. The van der Waals surface area contributed by atoms with Gasteiger partial charge in [0.15, 0.2) is 0 Å². The third kappa shape index (κ3) is 1.77. The SMILES string of the molecule is CC1(C)C2CCC1(C)C1OC3C(C4CCC3(C)C4(C)C)P(c3ccccc3)C21. The predicted molar refractivity (Wildman–Crippen MR) is 118 cm³/mol. The van der Waals surface area contributed by atoms with Crippen LogP contribution in [0.2, 0.25) is 0 Å². The van der Waals surface area contributed by atoms with Crippen LogP contribution in [0, 0.1) is 33.5 Å². The third-order valence-corrected chi connectivity index (χ3v) is 14.9. The first-order valence-corrected chi connectivity index (χ1v) is 13.1. The Morgan fingerprint density at radius 3 is 1.68 bits per heavy atom. The van der Waals surface area contributed by atoms with Crippen molar-refractivity contribution in [2.45, 2.75) is 90.8 Å². The van der Waals surface area contributed by atoms with Crippen LogP contribution in [0.4, 0.5) is 0 Å². The van der Waals surface area contributed by atoms with Crippen molar-refractivity contribution in [3.8, 4) is 0 Å². The summed E-state index contributed by atoms with van der Waals surface area (Å²) in [6, 6.07) is 11.7. The summed E-state index contributed by atoms with van der Waals surface area (Å²) in [6.45, 7) is 15.4. The normalized spacial score (nSPS) is 54.6. The Morgan fingerprint density at radius 2 is 1.21 bits per heavy atom. The summed E-state index contributed by atoms with van der Waals surface area (Å²) in [4.78, 5) is 0. The van der Waals surface area contributed by atoms with Crippen LogP contribution in [-0.2, 0) is 4.74 Å². The minimum atomic E-state index is -0.183. The molecule has 0 aromatic heterocycles. The maximum Gasteiger partial charge on any atom is 0.0711 e. The van der Waals surface area contributed by atoms with Crippen molar-refractivity contribution in [1.82, 2.24) is 0 Å². The number of rotatable bonds is 1. The first-order chi connectivity index (χ1) is 13.1. The summed E-state index contributed by atoms with van der Waals surface area (Å²) in [7, 11) is -0.183. The van der Waals surface area contributed by atoms with E-state index < -0.39 is 0 Å². The van der Waals surface area contributed by atoms with Crippen molar-refractivity contribution in [1.29, 1.82) is 0 Å². The Morgan fingerprint density at radius 1 is 0.750 bits per heavy atom. The second-order valence-electron chi connectivity index (χ2n) is 12.3. The fourth-order valence-electron chi connectivity index (χ4n) is 8.95. The lowest BCUT2D eigenvalue weighted by molar-refractivity contribution is -0.135. The van der Waals surface area contributed by atoms with Gasteiger partial charge in [-0.05, 0) is 64.5 Å². The van der Waals surface area contributed by atoms with Gasteiger partial charge >= 0.3 is 0 Å². The molecule has 4 aliphatic carbocycles. The van der Waals surface area contributed by atoms with E-state index in [4.69, 9.17) is 4.74 Å². The van der Waals surface area contributed by atoms with Gasteiger partial charge in [0.1, 0.15) is 0 Å². The van der Waals surface area contributed by atoms with Gasteiger partial charge < -0.3 is 4.74 Å². The number of fused-ring (bicyclic) bond motifs is 10. The molecule has 5 fully saturated rings. The van der Waals surface area contributed by atoms with Gasteiger partial charge in [-0.2, -0.15) is 0 Å². The second kappa shape index (κ2) is 5.26. The van der Waals surface area contributed by atoms with Crippen LogP contribution < -0.4 is 5.30 Å². The molecule has 1 aromatic rings. The van der Waals surface area contributed by atoms with Crippen LogP contribution in [0.3, 0.4) is 0 Å². The van der Waals surface area contributed by atoms with Crippen molar-refractivity contribution in [2.24, 2.45) is 33.5 Å². The third-order valence-electron chi connectivity index (χ3n) is 11.4. The number of ether oxygens (including phenoxy) is 1. The summed E-state index contributed by atoms with van der Waals surface area (Å²) in [5.74, 6) is 1.68. The van der Waals surface area contributed by atoms with Crippen LogP contribution in [0.5, 0.6) is 0 Å². The second-order valence-corrected chi connectivity index (χ2v) is 14.8. The summed E-state index contributed by atoms with van der Waals surface area (Å²) < 4.78 is 7.35. The monoisotopic (exact) mass is 396 g/mol. The minimum absolute atomic E-state index is 0.183. The zero-order valence-corrected chi connectivity index (χ0v) is 19.4. The lowest BCUT2D eigenvalue weighted by atomic mass is 9.68. The lowest BCUT2D eigenvalue weighted by Crippen LogP contribution is -2.56. The van der Waals surface area contributed by atoms with Crippen molar-refractivity contribution in [2.75, 3.05) is 0 Å². The van der Waals surface area contributed by atoms with Crippen molar-refractivity contribution in [3.05, 3.63) is 30.3 Å². The molecule has 1 saturated heterocycles. The average Bonchev–Trinajstić information content (AvgIpc) is 3.17. The Labute approximate surface area is 172 Å². The van der Waals surface area contributed by atoms with E-state index >= 15 is 0 Å². The Balaban J connectivity index is 1.55. The number of hydrogen-bond acceptors (Lipinski definition) is 1. The zero-order valence-electron chi connectivity index (χ0n) is 18.5. The molecule has 8 atom stereocenters. The molecule has 0 radical (unpaired) electrons. The van der Waals surface area contributed by atoms with Crippen molar-refractivity contribution < 1.29 is 4.74 Å². The highest BCUT2D eigenvalue weighted by Crippen LogP contribution is 2.81. The van der Waals surface area contributed by atoms with Gasteiger partial charge in [-0.15, -0.1) is 0 Å². The topological polar surface area (TPSA) is 9.23 Å². The smallest absolute Gasteiger partial charge is 0.0711 e. The molecular weight excluding hydrogens is 359 g/mol. The van der Waals surface area contributed by atoms with Gasteiger partial charge in [-0.25, -0.2) is 0 Å². The van der Waals surface area contributed by atoms with E-state index in [0.29, 0.717) is 33.9 Å². The average molecular weight is 397 g/mol. The molecule has 8 unspecified atom stereocenters. The van der Waals surface area contributed by atoms with Crippen LogP contribution in [0.15, 0.2) is 30.3 Å². The molecule has 2 heteroatoms. The van der Waals surface area contributed by atoms with Gasteiger partial charge in [0.05, 0.1) is 12.2 Å². The molecule has 0 amide bonds. The van der Waals surface area contributed by atoms with Gasteiger partial charge in [0, 0.05) is 11.3 Å². The molecule has 0 spiro atoms. The van der Waals surface area contributed by atoms with Crippen LogP contribution in [0.1, 0.15) is 67.2 Å². The van der Waals surface area contributed by atoms with Crippen molar-refractivity contribution >= 4 is 13.2 Å². The van der Waals surface area contributed by atoms with E-state index in [2.05, 4.69) is 71.9 Å². The molecule has 6 rings (SSSR count). The van der Waals surface area contributed by atoms with Gasteiger partial charge in [0.25, 0.3) is 0 Å². The first-order valence-electron chi connectivity index (χ1n) is 11.6. The first kappa shape index (κ1) is 18.4. The molecule has 1 aromatic carbocycles. The molecule has 1 aliphatic heterocycles. The summed E-state index contributed by atoms with van der Waals surface area (Å²) in [5.41, 5.74) is 3.06. The molecule has 1 heterocycles. The van der Waals surface area contributed by atoms with E-state index in [-0.39, 0.29) is 7.92 Å². The lowest BCUT2D eigenvalue weighted by Gasteiger charge is -2.54. The molecule has 4 bridgehead atoms. The molecule has 1 nitrogen and oxygen atoms in total. The Kier molecular flexibility index (Phi) is 3.45. The standard InChI is InChI=1S/C26H37OP/c1-23(2)17-12-14-25(23,5)21-19(17)28(16-10-8-7-9-11-16)20-18-13-15-26(6,22(20)27-21)24(18,3)4/h7-11,17-22H,12-15H2,1-6H3. The summed E-state index contributed by atoms with van der Waals surface area (Å²) in [5, 5.41) is 1.67. The maximum absolute atomic E-state index is 7.35. The predicted octanol–water partition coefficient (Wildman–Crippen LogP) is 6.21. The molecular formula is C26H37OP. The Bertz CT molecular complexity index is 767. The molecule has 0 N–H and O–H groups in total. The van der Waals surface area contributed by atoms with E-state index in [1.165, 1.54) is 25.7 Å². The molecule has 28 heavy (non-hydrogen) atoms. The van der Waals surface area contributed by atoms with Gasteiger partial charge in [-0.1, -0.05) is 79.8 Å². The van der Waals surface area contributed by atoms with E-state index in [0.717, 1.165) is 23.2 Å². The van der Waals surface area contributed by atoms with Crippen LogP contribution in [0.25, 0.3) is 0 Å². The van der Waals surface area contributed by atoms with Gasteiger partial charge in [-0.3, -0.25) is 0 Å². The van der Waals surface area contributed by atoms with Crippen LogP contribution >= 0.6 is 7.92 Å². The highest BCUT2D eigenvalue weighted by Gasteiger charge is 2.77. The highest BCUT2D eigenvalue weighted by molar-refractivity contribution is 7.67. The molecule has 152 valence electrons. The quantitative estimate of drug-likeness (QED) is 0.513. The summed E-state index contributed by atoms with van der Waals surface area (Å²) in [6.07, 6.45) is 6.52. The van der Waals surface area contributed by atoms with Gasteiger partial charge in [0.2, 0.25) is 0 Å². The summed E-state index contributed by atoms with van der Waals surface area (Å²) >= 11 is 0. The number of benzene rings is 1. The van der Waals surface area contributed by atoms with Crippen LogP contribution in [-0.4, -0.2) is 23.5 Å². The van der Waals surface area contributed by atoms with E-state index in [1.807, 2.05) is 0 Å². The fraction of sp³-hybridized carbons (Fsp3) is 0.769. The van der Waals surface area contributed by atoms with E-state index in [9.17, 15) is 0 Å². The highest BCUT2D eigenvalue weighted by atomic mass is 31.1. The molecule has 4 saturated carbocycles. The van der Waals surface area contributed by atoms with Crippen molar-refractivity contribution in [3.63, 3.8) is 0 Å². The minimum Gasteiger partial charge on any atom is -0.372 e. The fourth-order valence-corrected chi connectivity index (χ4v) is 13.8. The number of hydrogen-bond donors (Lipinski definition) is 0. The maximum atomic E-state index is 7.35.